The van der Waals surface area contributed by atoms with Gasteiger partial charge in [-0.2, -0.15) is 0 Å². The summed E-state index contributed by atoms with van der Waals surface area (Å²) in [6.45, 7) is 0. The van der Waals surface area contributed by atoms with Gasteiger partial charge in [-0.1, -0.05) is 72.8 Å². The molecule has 0 aliphatic heterocycles. The van der Waals surface area contributed by atoms with E-state index in [0.717, 1.165) is 11.3 Å². The smallest absolute Gasteiger partial charge is 0.0620 e. The summed E-state index contributed by atoms with van der Waals surface area (Å²) in [5.41, 5.74) is 1.86. The molecule has 4 aromatic carbocycles. The Balaban J connectivity index is 0.000000692. The zero-order valence-electron chi connectivity index (χ0n) is 25.1. The molecule has 0 nitrogen and oxygen atoms in total. The van der Waals surface area contributed by atoms with Crippen LogP contribution in [0, 0.1) is 14.9 Å². The monoisotopic (exact) mass is 1060 g/mol. The van der Waals surface area contributed by atoms with Crippen molar-refractivity contribution in [3.05, 3.63) is 136 Å². The van der Waals surface area contributed by atoms with Gasteiger partial charge in [-0.3, -0.25) is 0 Å². The van der Waals surface area contributed by atoms with Gasteiger partial charge in [0, 0.05) is 0 Å². The molecule has 2 fully saturated rings. The summed E-state index contributed by atoms with van der Waals surface area (Å²) in [5.74, 6) is 0. The van der Waals surface area contributed by atoms with Crippen LogP contribution in [0.2, 0.25) is 0 Å². The van der Waals surface area contributed by atoms with Crippen LogP contribution >= 0.6 is 34.2 Å². The minimum atomic E-state index is -0.577. The summed E-state index contributed by atoms with van der Waals surface area (Å²) in [5, 5.41) is 6.34. The molecule has 0 spiro atoms. The van der Waals surface area contributed by atoms with Crippen molar-refractivity contribution in [2.45, 2.75) is 62.7 Å². The van der Waals surface area contributed by atoms with Crippen molar-refractivity contribution < 1.29 is 57.0 Å². The minimum Gasteiger partial charge on any atom is -0.0620 e. The van der Waals surface area contributed by atoms with Crippen LogP contribution in [0.25, 0.3) is 0 Å². The molecule has 0 aromatic heterocycles. The summed E-state index contributed by atoms with van der Waals surface area (Å²) in [7, 11) is 8.01. The van der Waals surface area contributed by atoms with Gasteiger partial charge in [-0.15, -0.1) is 0 Å². The molecule has 7 heteroatoms. The van der Waals surface area contributed by atoms with Crippen LogP contribution in [0.4, 0.5) is 0 Å². The number of benzene rings is 4. The fourth-order valence-electron chi connectivity index (χ4n) is 6.18. The first-order chi connectivity index (χ1) is 19.9. The molecule has 0 bridgehead atoms. The van der Waals surface area contributed by atoms with Crippen LogP contribution in [0.1, 0.15) is 51.4 Å². The second kappa shape index (κ2) is 26.4. The Morgan fingerprint density at radius 2 is 0.581 bits per heavy atom. The summed E-state index contributed by atoms with van der Waals surface area (Å²) in [4.78, 5) is 0. The van der Waals surface area contributed by atoms with E-state index < -0.39 is 15.8 Å². The Bertz CT molecular complexity index is 989. The van der Waals surface area contributed by atoms with Gasteiger partial charge < -0.3 is 14.9 Å². The average Bonchev–Trinajstić information content (AvgIpc) is 3.78. The Labute approximate surface area is 308 Å². The van der Waals surface area contributed by atoms with Crippen LogP contribution in [-0.4, -0.2) is 11.3 Å². The maximum Gasteiger partial charge on any atom is 2.00 e. The predicted molar refractivity (Wildman–Crippen MR) is 190 cm³/mol. The molecular formula is C36H46Au2Cl2FeP2+2. The van der Waals surface area contributed by atoms with Crippen LogP contribution in [0.3, 0.4) is 0 Å². The number of rotatable bonds is 6. The first-order valence-corrected chi connectivity index (χ1v) is 22.6. The second-order valence-corrected chi connectivity index (χ2v) is 15.9. The molecule has 4 aromatic rings. The van der Waals surface area contributed by atoms with Gasteiger partial charge in [-0.25, -0.2) is 0 Å². The van der Waals surface area contributed by atoms with E-state index in [1.165, 1.54) is 51.4 Å². The molecule has 2 saturated carbocycles. The third kappa shape index (κ3) is 13.9. The van der Waals surface area contributed by atoms with E-state index in [-0.39, 0.29) is 31.9 Å². The van der Waals surface area contributed by atoms with E-state index in [1.54, 1.807) is 61.2 Å². The topological polar surface area (TPSA) is 0 Å². The second-order valence-electron chi connectivity index (χ2n) is 10.3. The number of hydrogen-bond donors (Lipinski definition) is 0. The first kappa shape index (κ1) is 43.3. The van der Waals surface area contributed by atoms with Crippen LogP contribution in [0.15, 0.2) is 121 Å². The van der Waals surface area contributed by atoms with E-state index in [0.29, 0.717) is 0 Å². The normalized spacial score (nSPS) is 14.0. The van der Waals surface area contributed by atoms with Crippen molar-refractivity contribution in [2.24, 2.45) is 0 Å². The quantitative estimate of drug-likeness (QED) is 0.103. The summed E-state index contributed by atoms with van der Waals surface area (Å²) < 4.78 is 0. The van der Waals surface area contributed by atoms with Crippen molar-refractivity contribution in [1.29, 1.82) is 0 Å². The van der Waals surface area contributed by atoms with Crippen LogP contribution in [0.5, 0.6) is 0 Å². The van der Waals surface area contributed by atoms with Gasteiger partial charge in [0.2, 0.25) is 0 Å². The summed E-state index contributed by atoms with van der Waals surface area (Å²) in [6.07, 6.45) is 11.4. The third-order valence-electron chi connectivity index (χ3n) is 7.87. The fraction of sp³-hybridized carbons (Fsp3) is 0.278. The van der Waals surface area contributed by atoms with E-state index in [1.807, 2.05) is 0 Å². The van der Waals surface area contributed by atoms with E-state index in [4.69, 9.17) is 0 Å². The van der Waals surface area contributed by atoms with Crippen LogP contribution in [-0.2, 0) is 57.0 Å². The number of halogens is 2. The van der Waals surface area contributed by atoms with E-state index in [9.17, 15) is 0 Å². The van der Waals surface area contributed by atoms with Gasteiger partial charge >= 0.3 is 75.4 Å². The third-order valence-corrected chi connectivity index (χ3v) is 14.5. The molecule has 0 unspecified atom stereocenters. The zero-order chi connectivity index (χ0) is 28.4. The predicted octanol–water partition coefficient (Wildman–Crippen LogP) is 9.86. The molecule has 0 heterocycles. The van der Waals surface area contributed by atoms with E-state index >= 15 is 0 Å². The van der Waals surface area contributed by atoms with Crippen molar-refractivity contribution in [3.63, 3.8) is 0 Å². The molecule has 6 rings (SSSR count). The largest absolute Gasteiger partial charge is 2.00 e. The minimum absolute atomic E-state index is 0. The van der Waals surface area contributed by atoms with Gasteiger partial charge in [0.05, 0.1) is 48.4 Å². The Morgan fingerprint density at radius 1 is 0.395 bits per heavy atom. The Hall–Kier alpha value is 0.320. The molecule has 0 radical (unpaired) electrons. The number of hydrogen-bond acceptors (Lipinski definition) is 0. The van der Waals surface area contributed by atoms with Crippen molar-refractivity contribution in [2.75, 3.05) is 0 Å². The molecular weight excluding hydrogens is 1020 g/mol. The van der Waals surface area contributed by atoms with Crippen LogP contribution < -0.4 is 21.2 Å². The Kier molecular flexibility index (Phi) is 26.6. The van der Waals surface area contributed by atoms with Crippen molar-refractivity contribution in [1.82, 2.24) is 0 Å². The maximum atomic E-state index is 4.58. The molecule has 2 aliphatic rings. The molecule has 0 amide bonds. The Morgan fingerprint density at radius 3 is 0.767 bits per heavy atom. The van der Waals surface area contributed by atoms with Crippen molar-refractivity contribution in [3.8, 4) is 0 Å². The molecule has 242 valence electrons. The molecule has 2 aliphatic carbocycles. The molecule has 0 atom stereocenters. The fourth-order valence-corrected chi connectivity index (χ4v) is 12.9. The SMILES string of the molecule is [CH3-].[CH3-].[Cl][Au].[Cl][Au].[Fe+2].c1ccc([PH+](c2ccccc2)C2CCCC2)cc1.c1ccc([PH+](c2ccccc2)C2CCCC2)cc1. The summed E-state index contributed by atoms with van der Waals surface area (Å²) in [6, 6.07) is 44.7. The molecule has 43 heavy (non-hydrogen) atoms. The maximum absolute atomic E-state index is 4.58. The molecule has 0 N–H and O–H groups in total. The average molecular weight is 1060 g/mol. The standard InChI is InChI=1S/2C17H19P.2CH3.2Au.2ClH.Fe/c2*1-3-9-15(10-4-1)18(17-13-7-8-14-17)16-11-5-2-6-12-16;;;;;;;/h2*1-6,9-12,17H,7-8,13-14H2;2*1H3;;;2*1H;/q;;2*-1;2*+1;;;+2. The van der Waals surface area contributed by atoms with Crippen molar-refractivity contribution >= 4 is 55.4 Å². The molecule has 0 saturated heterocycles. The van der Waals surface area contributed by atoms with Gasteiger partial charge in [0.1, 0.15) is 0 Å². The summed E-state index contributed by atoms with van der Waals surface area (Å²) >= 11 is 3.50. The van der Waals surface area contributed by atoms with Gasteiger partial charge in [-0.05, 0) is 99.9 Å². The zero-order valence-corrected chi connectivity index (χ0v) is 34.0. The van der Waals surface area contributed by atoms with Gasteiger partial charge in [0.15, 0.2) is 0 Å². The first-order valence-electron chi connectivity index (χ1n) is 14.1. The van der Waals surface area contributed by atoms with Gasteiger partial charge in [0.25, 0.3) is 0 Å². The van der Waals surface area contributed by atoms with E-state index in [2.05, 4.69) is 140 Å².